The van der Waals surface area contributed by atoms with Crippen LogP contribution >= 0.6 is 0 Å². The lowest BCUT2D eigenvalue weighted by Gasteiger charge is -2.34. The van der Waals surface area contributed by atoms with E-state index >= 15 is 0 Å². The van der Waals surface area contributed by atoms with E-state index in [0.717, 1.165) is 16.7 Å². The number of hydrogen-bond acceptors (Lipinski definition) is 3. The Bertz CT molecular complexity index is 1150. The summed E-state index contributed by atoms with van der Waals surface area (Å²) >= 11 is 0. The molecule has 2 aliphatic heterocycles. The summed E-state index contributed by atoms with van der Waals surface area (Å²) in [5.74, 6) is -0.364. The third-order valence-corrected chi connectivity index (χ3v) is 7.11. The fraction of sp³-hybridized carbons (Fsp3) is 0.276. The van der Waals surface area contributed by atoms with Crippen LogP contribution in [0.3, 0.4) is 0 Å². The quantitative estimate of drug-likeness (QED) is 0.491. The summed E-state index contributed by atoms with van der Waals surface area (Å²) in [5.41, 5.74) is 3.68. The van der Waals surface area contributed by atoms with Crippen LogP contribution in [0, 0.1) is 19.3 Å². The third kappa shape index (κ3) is 2.96. The first kappa shape index (κ1) is 20.7. The van der Waals surface area contributed by atoms with Gasteiger partial charge in [-0.05, 0) is 38.0 Å². The molecule has 3 nitrogen and oxygen atoms in total. The number of carbonyl (C=O) groups is 1. The van der Waals surface area contributed by atoms with Crippen molar-refractivity contribution in [2.24, 2.45) is 5.41 Å². The minimum atomic E-state index is -1.11. The van der Waals surface area contributed by atoms with Gasteiger partial charge in [-0.25, -0.2) is 0 Å². The number of benzene rings is 3. The lowest BCUT2D eigenvalue weighted by Crippen LogP contribution is -2.44. The molecule has 162 valence electrons. The molecule has 0 aliphatic carbocycles. The Hall–Kier alpha value is -3.17. The van der Waals surface area contributed by atoms with Crippen molar-refractivity contribution in [1.29, 1.82) is 0 Å². The van der Waals surface area contributed by atoms with Crippen LogP contribution in [0.5, 0.6) is 0 Å². The number of aryl methyl sites for hydroxylation is 2. The first-order chi connectivity index (χ1) is 15.3. The lowest BCUT2D eigenvalue weighted by atomic mass is 9.69. The second-order valence-electron chi connectivity index (χ2n) is 9.29. The zero-order valence-corrected chi connectivity index (χ0v) is 19.0. The first-order valence-corrected chi connectivity index (χ1v) is 11.1. The Balaban J connectivity index is 1.70. The van der Waals surface area contributed by atoms with Crippen LogP contribution in [0.15, 0.2) is 84.9 Å². The van der Waals surface area contributed by atoms with E-state index in [-0.39, 0.29) is 5.78 Å². The van der Waals surface area contributed by atoms with Gasteiger partial charge in [0.2, 0.25) is 5.79 Å². The number of ether oxygens (including phenoxy) is 2. The molecular weight excluding hydrogens is 396 g/mol. The van der Waals surface area contributed by atoms with Gasteiger partial charge in [0, 0.05) is 18.9 Å². The second-order valence-corrected chi connectivity index (χ2v) is 9.29. The largest absolute Gasteiger partial charge is 0.461 e. The zero-order chi connectivity index (χ0) is 22.6. The van der Waals surface area contributed by atoms with Gasteiger partial charge in [-0.2, -0.15) is 0 Å². The van der Waals surface area contributed by atoms with Gasteiger partial charge in [-0.3, -0.25) is 4.79 Å². The van der Waals surface area contributed by atoms with Gasteiger partial charge in [0.25, 0.3) is 0 Å². The van der Waals surface area contributed by atoms with Crippen LogP contribution < -0.4 is 0 Å². The van der Waals surface area contributed by atoms with Crippen molar-refractivity contribution >= 4 is 11.5 Å². The maximum absolute atomic E-state index is 13.3. The Morgan fingerprint density at radius 1 is 0.812 bits per heavy atom. The molecule has 2 heterocycles. The van der Waals surface area contributed by atoms with Crippen LogP contribution in [0.2, 0.25) is 0 Å². The van der Waals surface area contributed by atoms with Crippen molar-refractivity contribution in [3.63, 3.8) is 0 Å². The maximum atomic E-state index is 13.3. The molecule has 32 heavy (non-hydrogen) atoms. The summed E-state index contributed by atoms with van der Waals surface area (Å²) < 4.78 is 13.4. The Labute approximate surface area is 189 Å². The fourth-order valence-electron chi connectivity index (χ4n) is 5.19. The van der Waals surface area contributed by atoms with Crippen molar-refractivity contribution < 1.29 is 14.3 Å². The molecule has 3 heteroatoms. The van der Waals surface area contributed by atoms with Crippen LogP contribution in [0.4, 0.5) is 0 Å². The van der Waals surface area contributed by atoms with Gasteiger partial charge in [0.05, 0.1) is 0 Å². The van der Waals surface area contributed by atoms with Crippen molar-refractivity contribution in [2.45, 2.75) is 45.5 Å². The maximum Gasteiger partial charge on any atom is 0.225 e. The summed E-state index contributed by atoms with van der Waals surface area (Å²) in [6.45, 7) is 7.70. The molecule has 2 atom stereocenters. The van der Waals surface area contributed by atoms with Gasteiger partial charge in [0.15, 0.2) is 0 Å². The van der Waals surface area contributed by atoms with E-state index in [2.05, 4.69) is 62.4 Å². The highest BCUT2D eigenvalue weighted by atomic mass is 16.7. The van der Waals surface area contributed by atoms with Crippen LogP contribution in [-0.2, 0) is 19.9 Å². The van der Waals surface area contributed by atoms with Gasteiger partial charge < -0.3 is 9.47 Å². The molecule has 0 saturated carbocycles. The molecule has 0 N–H and O–H groups in total. The molecule has 0 bridgehead atoms. The first-order valence-electron chi connectivity index (χ1n) is 11.1. The van der Waals surface area contributed by atoms with E-state index in [1.165, 1.54) is 11.1 Å². The molecular formula is C29H28O3. The standard InChI is InChI=1S/C29H28O3/c1-20-10-14-24(15-11-20)29(25-16-12-21(2)13-17-25)19-28(22(3)30)18-26(31-27(28,4)32-29)23-8-6-5-7-9-23/h5-18H,19H2,1-4H3/t27-,28+/m0/s1. The average Bonchev–Trinajstić information content (AvgIpc) is 3.22. The number of fused-ring (bicyclic) bond motifs is 1. The predicted octanol–water partition coefficient (Wildman–Crippen LogP) is 6.33. The minimum absolute atomic E-state index is 0.0482. The molecule has 0 radical (unpaired) electrons. The van der Waals surface area contributed by atoms with Crippen LogP contribution in [-0.4, -0.2) is 11.6 Å². The van der Waals surface area contributed by atoms with Crippen molar-refractivity contribution in [3.05, 3.63) is 113 Å². The summed E-state index contributed by atoms with van der Waals surface area (Å²) in [4.78, 5) is 13.3. The smallest absolute Gasteiger partial charge is 0.225 e. The van der Waals surface area contributed by atoms with Crippen molar-refractivity contribution in [1.82, 2.24) is 0 Å². The molecule has 0 aromatic heterocycles. The van der Waals surface area contributed by atoms with Crippen LogP contribution in [0.25, 0.3) is 5.76 Å². The summed E-state index contributed by atoms with van der Waals surface area (Å²) in [6, 6.07) is 26.7. The molecule has 1 saturated heterocycles. The molecule has 0 spiro atoms. The molecule has 3 aromatic carbocycles. The molecule has 3 aromatic rings. The number of carbonyl (C=O) groups excluding carboxylic acids is 1. The Morgan fingerprint density at radius 2 is 1.34 bits per heavy atom. The number of Topliss-reactive ketones (excluding diaryl/α,β-unsaturated/α-hetero) is 1. The molecule has 0 unspecified atom stereocenters. The van der Waals surface area contributed by atoms with E-state index in [0.29, 0.717) is 12.2 Å². The van der Waals surface area contributed by atoms with E-state index in [1.807, 2.05) is 43.3 Å². The van der Waals surface area contributed by atoms with Gasteiger partial charge in [-0.15, -0.1) is 0 Å². The number of hydrogen-bond donors (Lipinski definition) is 0. The third-order valence-electron chi connectivity index (χ3n) is 7.11. The Morgan fingerprint density at radius 3 is 1.81 bits per heavy atom. The van der Waals surface area contributed by atoms with E-state index < -0.39 is 16.8 Å². The van der Waals surface area contributed by atoms with E-state index in [9.17, 15) is 4.79 Å². The Kier molecular flexibility index (Phi) is 4.65. The molecule has 5 rings (SSSR count). The molecule has 2 aliphatic rings. The lowest BCUT2D eigenvalue weighted by molar-refractivity contribution is -0.218. The molecule has 1 fully saturated rings. The van der Waals surface area contributed by atoms with Crippen molar-refractivity contribution in [2.75, 3.05) is 0 Å². The van der Waals surface area contributed by atoms with Crippen LogP contribution in [0.1, 0.15) is 48.1 Å². The normalized spacial score (nSPS) is 25.7. The van der Waals surface area contributed by atoms with Gasteiger partial charge in [-0.1, -0.05) is 90.0 Å². The summed E-state index contributed by atoms with van der Waals surface area (Å²) in [6.07, 6.45) is 2.48. The number of rotatable bonds is 4. The highest BCUT2D eigenvalue weighted by Crippen LogP contribution is 2.64. The predicted molar refractivity (Wildman–Crippen MR) is 126 cm³/mol. The molecule has 0 amide bonds. The monoisotopic (exact) mass is 424 g/mol. The average molecular weight is 425 g/mol. The van der Waals surface area contributed by atoms with Crippen molar-refractivity contribution in [3.8, 4) is 0 Å². The topological polar surface area (TPSA) is 35.5 Å². The van der Waals surface area contributed by atoms with Gasteiger partial charge in [0.1, 0.15) is 22.6 Å². The fourth-order valence-corrected chi connectivity index (χ4v) is 5.19. The zero-order valence-electron chi connectivity index (χ0n) is 19.0. The summed E-state index contributed by atoms with van der Waals surface area (Å²) in [5, 5.41) is 0. The van der Waals surface area contributed by atoms with E-state index in [1.54, 1.807) is 6.92 Å². The highest BCUT2D eigenvalue weighted by molar-refractivity contribution is 5.90. The highest BCUT2D eigenvalue weighted by Gasteiger charge is 2.69. The van der Waals surface area contributed by atoms with Gasteiger partial charge >= 0.3 is 0 Å². The number of ketones is 1. The SMILES string of the molecule is CC(=O)[C@]12C=C(c3ccccc3)O[C@@]1(C)OC(c1ccc(C)cc1)(c1ccc(C)cc1)C2. The van der Waals surface area contributed by atoms with E-state index in [4.69, 9.17) is 9.47 Å². The summed E-state index contributed by atoms with van der Waals surface area (Å²) in [7, 11) is 0. The second kappa shape index (κ2) is 7.18. The minimum Gasteiger partial charge on any atom is -0.461 e.